The number of hydrogen-bond acceptors (Lipinski definition) is 5. The molecular formula is C23H26N2O5. The molecule has 0 radical (unpaired) electrons. The number of ether oxygens (including phenoxy) is 1. The van der Waals surface area contributed by atoms with E-state index in [9.17, 15) is 19.2 Å². The number of carbonyl (C=O) groups is 4. The van der Waals surface area contributed by atoms with Gasteiger partial charge in [-0.15, -0.1) is 0 Å². The molecule has 2 rings (SSSR count). The zero-order valence-corrected chi connectivity index (χ0v) is 17.4. The Hall–Kier alpha value is -3.48. The van der Waals surface area contributed by atoms with Gasteiger partial charge >= 0.3 is 5.97 Å². The molecule has 0 aliphatic carbocycles. The van der Waals surface area contributed by atoms with Gasteiger partial charge in [-0.3, -0.25) is 19.2 Å². The zero-order chi connectivity index (χ0) is 22.1. The summed E-state index contributed by atoms with van der Waals surface area (Å²) in [6.45, 7) is 5.01. The summed E-state index contributed by atoms with van der Waals surface area (Å²) in [5, 5.41) is 5.22. The van der Waals surface area contributed by atoms with Gasteiger partial charge in [-0.25, -0.2) is 0 Å². The van der Waals surface area contributed by atoms with Gasteiger partial charge in [-0.2, -0.15) is 0 Å². The number of Topliss-reactive ketones (excluding diaryl/α,β-unsaturated/α-hetero) is 1. The Balaban J connectivity index is 1.77. The summed E-state index contributed by atoms with van der Waals surface area (Å²) >= 11 is 0. The first-order valence-electron chi connectivity index (χ1n) is 9.68. The highest BCUT2D eigenvalue weighted by Crippen LogP contribution is 2.12. The minimum atomic E-state index is -0.707. The summed E-state index contributed by atoms with van der Waals surface area (Å²) in [6, 6.07) is 13.3. The van der Waals surface area contributed by atoms with E-state index in [4.69, 9.17) is 4.74 Å². The van der Waals surface area contributed by atoms with Crippen molar-refractivity contribution in [2.75, 3.05) is 18.5 Å². The lowest BCUT2D eigenvalue weighted by molar-refractivity contribution is -0.141. The number of aryl methyl sites for hydroxylation is 1. The maximum Gasteiger partial charge on any atom is 0.325 e. The van der Waals surface area contributed by atoms with Crippen molar-refractivity contribution >= 4 is 29.3 Å². The van der Waals surface area contributed by atoms with Crippen LogP contribution in [0, 0.1) is 12.8 Å². The number of anilines is 1. The van der Waals surface area contributed by atoms with Crippen LogP contribution in [0.25, 0.3) is 0 Å². The fraction of sp³-hybridized carbons (Fsp3) is 0.304. The molecule has 0 saturated heterocycles. The molecule has 0 spiro atoms. The van der Waals surface area contributed by atoms with E-state index in [2.05, 4.69) is 10.6 Å². The summed E-state index contributed by atoms with van der Waals surface area (Å²) in [5.41, 5.74) is 2.32. The topological polar surface area (TPSA) is 102 Å². The lowest BCUT2D eigenvalue weighted by Crippen LogP contribution is -2.31. The van der Waals surface area contributed by atoms with Crippen LogP contribution in [0.15, 0.2) is 48.5 Å². The van der Waals surface area contributed by atoms with E-state index in [1.54, 1.807) is 42.5 Å². The first kappa shape index (κ1) is 22.8. The monoisotopic (exact) mass is 410 g/mol. The molecule has 2 amide bonds. The second kappa shape index (κ2) is 10.9. The molecule has 0 unspecified atom stereocenters. The first-order chi connectivity index (χ1) is 14.2. The van der Waals surface area contributed by atoms with Crippen LogP contribution in [-0.4, -0.2) is 36.7 Å². The molecule has 158 valence electrons. The molecule has 0 bridgehead atoms. The molecule has 0 fully saturated rings. The second-order valence-electron chi connectivity index (χ2n) is 7.36. The van der Waals surface area contributed by atoms with Crippen LogP contribution in [0.5, 0.6) is 0 Å². The number of amides is 2. The lowest BCUT2D eigenvalue weighted by atomic mass is 10.1. The van der Waals surface area contributed by atoms with Crippen LogP contribution in [0.4, 0.5) is 5.69 Å². The fourth-order valence-electron chi connectivity index (χ4n) is 2.64. The lowest BCUT2D eigenvalue weighted by Gasteiger charge is -2.09. The Kier molecular flexibility index (Phi) is 8.29. The second-order valence-corrected chi connectivity index (χ2v) is 7.36. The summed E-state index contributed by atoms with van der Waals surface area (Å²) in [5.74, 6) is -1.32. The third-order valence-electron chi connectivity index (χ3n) is 4.12. The van der Waals surface area contributed by atoms with Crippen LogP contribution in [0.3, 0.4) is 0 Å². The molecule has 0 heterocycles. The molecule has 0 atom stereocenters. The van der Waals surface area contributed by atoms with Crippen molar-refractivity contribution in [1.29, 1.82) is 0 Å². The van der Waals surface area contributed by atoms with Crippen molar-refractivity contribution in [2.24, 2.45) is 5.92 Å². The van der Waals surface area contributed by atoms with E-state index in [1.165, 1.54) is 0 Å². The minimum absolute atomic E-state index is 0.0919. The number of carbonyl (C=O) groups excluding carboxylic acids is 4. The van der Waals surface area contributed by atoms with Gasteiger partial charge in [0.2, 0.25) is 5.91 Å². The minimum Gasteiger partial charge on any atom is -0.456 e. The van der Waals surface area contributed by atoms with Gasteiger partial charge in [0.15, 0.2) is 12.4 Å². The summed E-state index contributed by atoms with van der Waals surface area (Å²) in [7, 11) is 0. The van der Waals surface area contributed by atoms with Crippen LogP contribution in [-0.2, 0) is 14.3 Å². The zero-order valence-electron chi connectivity index (χ0n) is 17.4. The molecule has 2 aromatic carbocycles. The molecule has 30 heavy (non-hydrogen) atoms. The number of ketones is 1. The van der Waals surface area contributed by atoms with E-state index in [0.29, 0.717) is 23.2 Å². The van der Waals surface area contributed by atoms with Gasteiger partial charge in [0.1, 0.15) is 6.54 Å². The number of rotatable bonds is 9. The number of benzene rings is 2. The summed E-state index contributed by atoms with van der Waals surface area (Å²) < 4.78 is 4.93. The molecular weight excluding hydrogens is 384 g/mol. The molecule has 0 aromatic heterocycles. The quantitative estimate of drug-likeness (QED) is 0.488. The molecule has 7 heteroatoms. The molecule has 0 aliphatic heterocycles. The van der Waals surface area contributed by atoms with Crippen LogP contribution >= 0.6 is 0 Å². The van der Waals surface area contributed by atoms with E-state index < -0.39 is 18.5 Å². The maximum absolute atomic E-state index is 12.2. The highest BCUT2D eigenvalue weighted by Gasteiger charge is 2.13. The standard InChI is InChI=1S/C23H26N2O5/c1-15(2)11-21(27)25-19-9-7-17(8-10-19)20(26)14-30-22(28)13-24-23(29)18-6-4-5-16(3)12-18/h4-10,12,15H,11,13-14H2,1-3H3,(H,24,29)(H,25,27). The van der Waals surface area contributed by atoms with Gasteiger partial charge < -0.3 is 15.4 Å². The average Bonchev–Trinajstić information content (AvgIpc) is 2.70. The maximum atomic E-state index is 12.2. The number of esters is 1. The summed E-state index contributed by atoms with van der Waals surface area (Å²) in [6.07, 6.45) is 0.414. The molecule has 2 aromatic rings. The summed E-state index contributed by atoms with van der Waals surface area (Å²) in [4.78, 5) is 47.8. The van der Waals surface area contributed by atoms with E-state index in [-0.39, 0.29) is 24.2 Å². The van der Waals surface area contributed by atoms with E-state index in [0.717, 1.165) is 5.56 Å². The van der Waals surface area contributed by atoms with Gasteiger partial charge in [0.25, 0.3) is 5.91 Å². The highest BCUT2D eigenvalue weighted by molar-refractivity contribution is 5.99. The van der Waals surface area contributed by atoms with Crippen LogP contribution in [0.2, 0.25) is 0 Å². The smallest absolute Gasteiger partial charge is 0.325 e. The largest absolute Gasteiger partial charge is 0.456 e. The van der Waals surface area contributed by atoms with Crippen molar-refractivity contribution in [3.05, 3.63) is 65.2 Å². The van der Waals surface area contributed by atoms with Gasteiger partial charge in [-0.05, 0) is 49.2 Å². The molecule has 7 nitrogen and oxygen atoms in total. The van der Waals surface area contributed by atoms with Crippen molar-refractivity contribution in [3.63, 3.8) is 0 Å². The molecule has 0 aliphatic rings. The predicted octanol–water partition coefficient (Wildman–Crippen LogP) is 3.14. The third kappa shape index (κ3) is 7.50. The van der Waals surface area contributed by atoms with Crippen LogP contribution < -0.4 is 10.6 Å². The number of hydrogen-bond donors (Lipinski definition) is 2. The first-order valence-corrected chi connectivity index (χ1v) is 9.68. The van der Waals surface area contributed by atoms with E-state index >= 15 is 0 Å². The predicted molar refractivity (Wildman–Crippen MR) is 113 cm³/mol. The average molecular weight is 410 g/mol. The van der Waals surface area contributed by atoms with Gasteiger partial charge in [0, 0.05) is 23.2 Å². The molecule has 0 saturated carbocycles. The number of nitrogens with one attached hydrogen (secondary N) is 2. The van der Waals surface area contributed by atoms with Gasteiger partial charge in [0.05, 0.1) is 0 Å². The van der Waals surface area contributed by atoms with Crippen molar-refractivity contribution in [3.8, 4) is 0 Å². The van der Waals surface area contributed by atoms with Crippen molar-refractivity contribution < 1.29 is 23.9 Å². The van der Waals surface area contributed by atoms with Crippen LogP contribution in [0.1, 0.15) is 46.5 Å². The normalized spacial score (nSPS) is 10.4. The highest BCUT2D eigenvalue weighted by atomic mass is 16.5. The van der Waals surface area contributed by atoms with Crippen molar-refractivity contribution in [2.45, 2.75) is 27.2 Å². The Bertz CT molecular complexity index is 919. The van der Waals surface area contributed by atoms with Gasteiger partial charge in [-0.1, -0.05) is 31.5 Å². The van der Waals surface area contributed by atoms with E-state index in [1.807, 2.05) is 26.8 Å². The molecule has 2 N–H and O–H groups in total. The Morgan fingerprint density at radius 3 is 2.30 bits per heavy atom. The van der Waals surface area contributed by atoms with Crippen molar-refractivity contribution in [1.82, 2.24) is 5.32 Å². The fourth-order valence-corrected chi connectivity index (χ4v) is 2.64. The third-order valence-corrected chi connectivity index (χ3v) is 4.12. The Labute approximate surface area is 175 Å². The Morgan fingerprint density at radius 1 is 0.967 bits per heavy atom. The Morgan fingerprint density at radius 2 is 1.67 bits per heavy atom. The SMILES string of the molecule is Cc1cccc(C(=O)NCC(=O)OCC(=O)c2ccc(NC(=O)CC(C)C)cc2)c1.